The van der Waals surface area contributed by atoms with Crippen LogP contribution in [-0.2, 0) is 57.8 Å². The quantitative estimate of drug-likeness (QED) is 0.0473. The van der Waals surface area contributed by atoms with Crippen molar-refractivity contribution in [2.75, 3.05) is 0 Å². The van der Waals surface area contributed by atoms with Crippen molar-refractivity contribution in [1.29, 1.82) is 0 Å². The predicted molar refractivity (Wildman–Crippen MR) is 283 cm³/mol. The van der Waals surface area contributed by atoms with Crippen LogP contribution in [-0.4, -0.2) is 5.11 Å². The molecular weight excluding hydrogens is 773 g/mol. The van der Waals surface area contributed by atoms with Gasteiger partial charge in [-0.25, -0.2) is 0 Å². The molecule has 3 atom stereocenters. The highest BCUT2D eigenvalue weighted by Gasteiger charge is 2.27. The van der Waals surface area contributed by atoms with Crippen LogP contribution >= 0.6 is 0 Å². The zero-order valence-electron chi connectivity index (χ0n) is 43.1. The summed E-state index contributed by atoms with van der Waals surface area (Å²) in [4.78, 5) is 0. The number of unbranched alkanes of at least 4 members (excludes halogenated alkanes) is 12. The van der Waals surface area contributed by atoms with Crippen molar-refractivity contribution in [2.45, 2.75) is 253 Å². The number of aryl methyl sites for hydroxylation is 3. The average molecular weight is 869 g/mol. The maximum atomic E-state index is 12.3. The summed E-state index contributed by atoms with van der Waals surface area (Å²) >= 11 is 0. The van der Waals surface area contributed by atoms with Crippen LogP contribution in [0.3, 0.4) is 0 Å². The zero-order chi connectivity index (χ0) is 46.1. The minimum absolute atomic E-state index is 0.191. The maximum Gasteiger partial charge on any atom is 0.119 e. The molecule has 0 aliphatic carbocycles. The van der Waals surface area contributed by atoms with E-state index in [1.807, 2.05) is 0 Å². The number of hydrogen-bond donors (Lipinski definition) is 1. The van der Waals surface area contributed by atoms with Gasteiger partial charge in [0.1, 0.15) is 5.75 Å². The normalized spacial score (nSPS) is 13.1. The minimum atomic E-state index is 0.191. The fourth-order valence-electron chi connectivity index (χ4n) is 11.1. The van der Waals surface area contributed by atoms with Gasteiger partial charge in [-0.2, -0.15) is 0 Å². The first-order valence-corrected chi connectivity index (χ1v) is 27.4. The van der Waals surface area contributed by atoms with Gasteiger partial charge in [0.25, 0.3) is 0 Å². The van der Waals surface area contributed by atoms with E-state index in [2.05, 4.69) is 129 Å². The Kier molecular flexibility index (Phi) is 25.0. The Balaban J connectivity index is 1.86. The molecule has 3 unspecified atom stereocenters. The molecule has 4 rings (SSSR count). The number of phenolic OH excluding ortho intramolecular Hbond substituents is 1. The van der Waals surface area contributed by atoms with Gasteiger partial charge in [0.2, 0.25) is 0 Å². The molecule has 4 aromatic rings. The smallest absolute Gasteiger partial charge is 0.119 e. The van der Waals surface area contributed by atoms with E-state index in [1.54, 1.807) is 38.9 Å². The molecule has 0 fully saturated rings. The van der Waals surface area contributed by atoms with E-state index in [4.69, 9.17) is 0 Å². The lowest BCUT2D eigenvalue weighted by Gasteiger charge is -2.29. The van der Waals surface area contributed by atoms with Crippen molar-refractivity contribution in [3.8, 4) is 5.75 Å². The molecule has 0 aromatic heterocycles. The van der Waals surface area contributed by atoms with Gasteiger partial charge >= 0.3 is 0 Å². The third kappa shape index (κ3) is 16.2. The van der Waals surface area contributed by atoms with Crippen molar-refractivity contribution in [2.24, 2.45) is 0 Å². The van der Waals surface area contributed by atoms with Crippen molar-refractivity contribution in [3.63, 3.8) is 0 Å². The fourth-order valence-corrected chi connectivity index (χ4v) is 11.1. The van der Waals surface area contributed by atoms with Gasteiger partial charge in [-0.15, -0.1) is 0 Å². The molecule has 1 heteroatoms. The minimum Gasteiger partial charge on any atom is -0.508 e. The Morgan fingerprint density at radius 2 is 0.625 bits per heavy atom. The van der Waals surface area contributed by atoms with Crippen LogP contribution in [0.25, 0.3) is 0 Å². The van der Waals surface area contributed by atoms with E-state index in [0.717, 1.165) is 25.7 Å². The van der Waals surface area contributed by atoms with E-state index < -0.39 is 0 Å². The SMILES string of the molecule is CCCCCc1cccc(CC(C)c2ccc(O)c(C(C)Cc3cccc(CCCCC)c3CCCCC)c2C(C)Cc2cccc(CCCCC)c2CCCCC)c1CCCCC. The second-order valence-corrected chi connectivity index (χ2v) is 20.2. The molecule has 0 radical (unpaired) electrons. The van der Waals surface area contributed by atoms with Gasteiger partial charge in [-0.1, -0.05) is 200 Å². The highest BCUT2D eigenvalue weighted by Crippen LogP contribution is 2.43. The summed E-state index contributed by atoms with van der Waals surface area (Å²) in [6.45, 7) is 21.4. The molecule has 0 saturated carbocycles. The highest BCUT2D eigenvalue weighted by molar-refractivity contribution is 5.52. The van der Waals surface area contributed by atoms with Gasteiger partial charge in [-0.05, 0) is 181 Å². The van der Waals surface area contributed by atoms with Gasteiger partial charge in [-0.3, -0.25) is 0 Å². The topological polar surface area (TPSA) is 20.2 Å². The summed E-state index contributed by atoms with van der Waals surface area (Å²) in [5.74, 6) is 1.28. The van der Waals surface area contributed by atoms with Crippen LogP contribution in [0.1, 0.15) is 262 Å². The molecule has 0 amide bonds. The van der Waals surface area contributed by atoms with Crippen LogP contribution < -0.4 is 0 Å². The van der Waals surface area contributed by atoms with Gasteiger partial charge in [0.05, 0.1) is 0 Å². The first kappa shape index (κ1) is 53.3. The van der Waals surface area contributed by atoms with E-state index in [9.17, 15) is 5.11 Å². The van der Waals surface area contributed by atoms with Crippen LogP contribution in [0.5, 0.6) is 5.75 Å². The summed E-state index contributed by atoms with van der Waals surface area (Å²) in [5.41, 5.74) is 18.3. The molecule has 0 aliphatic heterocycles. The Morgan fingerprint density at radius 1 is 0.328 bits per heavy atom. The second-order valence-electron chi connectivity index (χ2n) is 20.2. The van der Waals surface area contributed by atoms with E-state index in [0.29, 0.717) is 11.7 Å². The standard InChI is InChI=1S/C63H96O/c1-10-16-22-31-51-34-28-37-54(58(51)40-25-19-13-4)45-48(7)57-43-44-61(64)63(50(9)47-56-39-30-36-53(33-24-18-12-3)60(56)42-27-21-15-6)62(57)49(8)46-55-38-29-35-52(32-23-17-11-2)59(55)41-26-20-14-5/h28-30,34-39,43-44,48-50,64H,10-27,31-33,40-42,45-47H2,1-9H3. The monoisotopic (exact) mass is 869 g/mol. The van der Waals surface area contributed by atoms with Crippen LogP contribution in [0, 0.1) is 0 Å². The third-order valence-electron chi connectivity index (χ3n) is 14.7. The Hall–Kier alpha value is -3.32. The fraction of sp³-hybridized carbons (Fsp3) is 0.619. The Morgan fingerprint density at radius 3 is 0.969 bits per heavy atom. The summed E-state index contributed by atoms with van der Waals surface area (Å²) in [6.07, 6.45) is 33.0. The summed E-state index contributed by atoms with van der Waals surface area (Å²) in [5, 5.41) is 12.3. The predicted octanol–water partition coefficient (Wildman–Crippen LogP) is 18.8. The number of rotatable bonds is 33. The lowest BCUT2D eigenvalue weighted by atomic mass is 9.75. The van der Waals surface area contributed by atoms with Crippen molar-refractivity contribution in [1.82, 2.24) is 0 Å². The number of phenols is 1. The Labute approximate surface area is 396 Å². The molecule has 0 spiro atoms. The van der Waals surface area contributed by atoms with Gasteiger partial charge in [0.15, 0.2) is 0 Å². The summed E-state index contributed by atoms with van der Waals surface area (Å²) in [6, 6.07) is 26.1. The Bertz CT molecular complexity index is 1900. The molecule has 64 heavy (non-hydrogen) atoms. The van der Waals surface area contributed by atoms with Gasteiger partial charge in [0, 0.05) is 5.56 Å². The van der Waals surface area contributed by atoms with E-state index in [1.165, 1.54) is 175 Å². The second kappa shape index (κ2) is 30.1. The first-order chi connectivity index (χ1) is 31.2. The molecule has 0 bridgehead atoms. The maximum absolute atomic E-state index is 12.3. The van der Waals surface area contributed by atoms with Crippen LogP contribution in [0.15, 0.2) is 66.7 Å². The summed E-state index contributed by atoms with van der Waals surface area (Å²) in [7, 11) is 0. The first-order valence-electron chi connectivity index (χ1n) is 27.4. The lowest BCUT2D eigenvalue weighted by molar-refractivity contribution is 0.458. The van der Waals surface area contributed by atoms with E-state index in [-0.39, 0.29) is 11.8 Å². The van der Waals surface area contributed by atoms with Crippen molar-refractivity contribution >= 4 is 0 Å². The molecule has 4 aromatic carbocycles. The molecular formula is C63H96O. The molecule has 0 aliphatic rings. The lowest BCUT2D eigenvalue weighted by Crippen LogP contribution is -2.15. The van der Waals surface area contributed by atoms with Crippen molar-refractivity contribution < 1.29 is 5.11 Å². The largest absolute Gasteiger partial charge is 0.508 e. The van der Waals surface area contributed by atoms with E-state index >= 15 is 0 Å². The molecule has 1 nitrogen and oxygen atoms in total. The van der Waals surface area contributed by atoms with Gasteiger partial charge < -0.3 is 5.11 Å². The third-order valence-corrected chi connectivity index (χ3v) is 14.7. The number of benzene rings is 4. The van der Waals surface area contributed by atoms with Crippen molar-refractivity contribution in [3.05, 3.63) is 133 Å². The summed E-state index contributed by atoms with van der Waals surface area (Å²) < 4.78 is 0. The van der Waals surface area contributed by atoms with Crippen LogP contribution in [0.2, 0.25) is 0 Å². The zero-order valence-corrected chi connectivity index (χ0v) is 43.1. The average Bonchev–Trinajstić information content (AvgIpc) is 3.28. The number of hydrogen-bond acceptors (Lipinski definition) is 1. The molecule has 0 saturated heterocycles. The highest BCUT2D eigenvalue weighted by atomic mass is 16.3. The van der Waals surface area contributed by atoms with Crippen LogP contribution in [0.4, 0.5) is 0 Å². The number of aromatic hydroxyl groups is 1. The molecule has 1 N–H and O–H groups in total. The molecule has 354 valence electrons. The molecule has 0 heterocycles.